The molecule has 0 fully saturated rings. The summed E-state index contributed by atoms with van der Waals surface area (Å²) in [5.41, 5.74) is 6.79. The maximum Gasteiger partial charge on any atom is 0.264 e. The van der Waals surface area contributed by atoms with E-state index >= 15 is 0 Å². The summed E-state index contributed by atoms with van der Waals surface area (Å²) in [6.45, 7) is 1.64. The van der Waals surface area contributed by atoms with Crippen LogP contribution >= 0.6 is 22.7 Å². The fraction of sp³-hybridized carbons (Fsp3) is 0.188. The van der Waals surface area contributed by atoms with Crippen LogP contribution in [-0.4, -0.2) is 23.9 Å². The third-order valence-electron chi connectivity index (χ3n) is 3.25. The SMILES string of the molecule is NCCN(Cc1ccccc1)C(=O)c1cc2sccc2s1. The molecule has 108 valence electrons. The van der Waals surface area contributed by atoms with Gasteiger partial charge < -0.3 is 10.6 Å². The normalized spacial score (nSPS) is 10.9. The van der Waals surface area contributed by atoms with Gasteiger partial charge in [0.1, 0.15) is 0 Å². The van der Waals surface area contributed by atoms with Gasteiger partial charge in [0.15, 0.2) is 0 Å². The summed E-state index contributed by atoms with van der Waals surface area (Å²) < 4.78 is 2.35. The molecular formula is C16H16N2OS2. The summed E-state index contributed by atoms with van der Waals surface area (Å²) in [7, 11) is 0. The Morgan fingerprint density at radius 3 is 2.67 bits per heavy atom. The van der Waals surface area contributed by atoms with Crippen molar-refractivity contribution in [2.75, 3.05) is 13.1 Å². The molecule has 0 aliphatic rings. The van der Waals surface area contributed by atoms with Crippen LogP contribution in [0.3, 0.4) is 0 Å². The summed E-state index contributed by atoms with van der Waals surface area (Å²) in [5, 5.41) is 2.05. The smallest absolute Gasteiger partial charge is 0.264 e. The van der Waals surface area contributed by atoms with Crippen LogP contribution in [0.2, 0.25) is 0 Å². The summed E-state index contributed by atoms with van der Waals surface area (Å²) in [6, 6.07) is 14.1. The van der Waals surface area contributed by atoms with E-state index in [0.29, 0.717) is 19.6 Å². The average Bonchev–Trinajstić information content (AvgIpc) is 3.08. The van der Waals surface area contributed by atoms with Gasteiger partial charge in [-0.2, -0.15) is 0 Å². The molecule has 3 rings (SSSR count). The minimum Gasteiger partial charge on any atom is -0.332 e. The second kappa shape index (κ2) is 6.39. The number of hydrogen-bond acceptors (Lipinski definition) is 4. The zero-order chi connectivity index (χ0) is 14.7. The highest BCUT2D eigenvalue weighted by Crippen LogP contribution is 2.30. The van der Waals surface area contributed by atoms with E-state index in [1.54, 1.807) is 22.7 Å². The van der Waals surface area contributed by atoms with Gasteiger partial charge in [0.2, 0.25) is 0 Å². The predicted octanol–water partition coefficient (Wildman–Crippen LogP) is 3.56. The first-order chi connectivity index (χ1) is 10.3. The van der Waals surface area contributed by atoms with Crippen LogP contribution in [0.25, 0.3) is 9.40 Å². The number of hydrogen-bond donors (Lipinski definition) is 1. The van der Waals surface area contributed by atoms with Crippen LogP contribution in [0.1, 0.15) is 15.2 Å². The highest BCUT2D eigenvalue weighted by Gasteiger charge is 2.18. The molecule has 0 unspecified atom stereocenters. The Kier molecular flexibility index (Phi) is 4.34. The summed E-state index contributed by atoms with van der Waals surface area (Å²) >= 11 is 3.22. The Balaban J connectivity index is 1.82. The number of fused-ring (bicyclic) bond motifs is 1. The third-order valence-corrected chi connectivity index (χ3v) is 5.33. The van der Waals surface area contributed by atoms with Crippen LogP contribution in [-0.2, 0) is 6.54 Å². The Labute approximate surface area is 131 Å². The summed E-state index contributed by atoms with van der Waals surface area (Å²) in [4.78, 5) is 15.3. The molecule has 1 aromatic carbocycles. The van der Waals surface area contributed by atoms with Crippen LogP contribution in [0.4, 0.5) is 0 Å². The fourth-order valence-corrected chi connectivity index (χ4v) is 4.32. The van der Waals surface area contributed by atoms with Crippen LogP contribution in [0, 0.1) is 0 Å². The lowest BCUT2D eigenvalue weighted by Gasteiger charge is -2.21. The maximum absolute atomic E-state index is 12.7. The zero-order valence-electron chi connectivity index (χ0n) is 11.5. The van der Waals surface area contributed by atoms with Gasteiger partial charge in [-0.25, -0.2) is 0 Å². The van der Waals surface area contributed by atoms with Crippen molar-refractivity contribution < 1.29 is 4.79 Å². The number of benzene rings is 1. The predicted molar refractivity (Wildman–Crippen MR) is 89.9 cm³/mol. The van der Waals surface area contributed by atoms with Gasteiger partial charge in [0.05, 0.1) is 4.88 Å². The second-order valence-corrected chi connectivity index (χ2v) is 6.79. The van der Waals surface area contributed by atoms with Crippen molar-refractivity contribution in [2.45, 2.75) is 6.54 Å². The molecule has 0 spiro atoms. The quantitative estimate of drug-likeness (QED) is 0.782. The molecular weight excluding hydrogens is 300 g/mol. The molecule has 0 aliphatic carbocycles. The highest BCUT2D eigenvalue weighted by atomic mass is 32.1. The molecule has 0 atom stereocenters. The summed E-state index contributed by atoms with van der Waals surface area (Å²) in [6.07, 6.45) is 0. The molecule has 2 aromatic heterocycles. The number of nitrogens with two attached hydrogens (primary N) is 1. The van der Waals surface area contributed by atoms with E-state index < -0.39 is 0 Å². The molecule has 3 aromatic rings. The van der Waals surface area contributed by atoms with E-state index in [2.05, 4.69) is 11.4 Å². The van der Waals surface area contributed by atoms with Gasteiger partial charge in [0, 0.05) is 29.0 Å². The van der Waals surface area contributed by atoms with Crippen LogP contribution in [0.15, 0.2) is 47.8 Å². The first kappa shape index (κ1) is 14.3. The largest absolute Gasteiger partial charge is 0.332 e. The van der Waals surface area contributed by atoms with Crippen molar-refractivity contribution >= 4 is 38.0 Å². The number of amides is 1. The summed E-state index contributed by atoms with van der Waals surface area (Å²) in [5.74, 6) is 0.0673. The van der Waals surface area contributed by atoms with E-state index in [1.165, 1.54) is 9.40 Å². The molecule has 3 nitrogen and oxygen atoms in total. The highest BCUT2D eigenvalue weighted by molar-refractivity contribution is 7.27. The first-order valence-electron chi connectivity index (χ1n) is 6.78. The molecule has 0 aliphatic heterocycles. The molecule has 21 heavy (non-hydrogen) atoms. The third kappa shape index (κ3) is 3.15. The number of thiophene rings is 2. The lowest BCUT2D eigenvalue weighted by atomic mass is 10.2. The number of nitrogens with zero attached hydrogens (tertiary/aromatic N) is 1. The van der Waals surface area contributed by atoms with Crippen molar-refractivity contribution in [2.24, 2.45) is 5.73 Å². The van der Waals surface area contributed by atoms with E-state index in [1.807, 2.05) is 41.3 Å². The van der Waals surface area contributed by atoms with Gasteiger partial charge >= 0.3 is 0 Å². The van der Waals surface area contributed by atoms with E-state index in [9.17, 15) is 4.79 Å². The molecule has 5 heteroatoms. The van der Waals surface area contributed by atoms with Crippen LogP contribution in [0.5, 0.6) is 0 Å². The molecule has 2 N–H and O–H groups in total. The standard InChI is InChI=1S/C16H16N2OS2/c17-7-8-18(11-12-4-2-1-3-5-12)16(19)15-10-14-13(21-15)6-9-20-14/h1-6,9-10H,7-8,11,17H2. The zero-order valence-corrected chi connectivity index (χ0v) is 13.1. The molecule has 0 saturated heterocycles. The van der Waals surface area contributed by atoms with Gasteiger partial charge in [-0.05, 0) is 23.1 Å². The van der Waals surface area contributed by atoms with Gasteiger partial charge in [0.25, 0.3) is 5.91 Å². The molecule has 0 saturated carbocycles. The van der Waals surface area contributed by atoms with E-state index in [4.69, 9.17) is 5.73 Å². The second-order valence-electron chi connectivity index (χ2n) is 4.76. The average molecular weight is 316 g/mol. The number of carbonyl (C=O) groups is 1. The maximum atomic E-state index is 12.7. The van der Waals surface area contributed by atoms with Crippen molar-refractivity contribution in [3.05, 3.63) is 58.3 Å². The Bertz CT molecular complexity index is 704. The number of carbonyl (C=O) groups excluding carboxylic acids is 1. The lowest BCUT2D eigenvalue weighted by Crippen LogP contribution is -2.34. The Morgan fingerprint density at radius 2 is 1.95 bits per heavy atom. The van der Waals surface area contributed by atoms with Gasteiger partial charge in [-0.15, -0.1) is 22.7 Å². The number of rotatable bonds is 5. The topological polar surface area (TPSA) is 46.3 Å². The molecule has 1 amide bonds. The van der Waals surface area contributed by atoms with Gasteiger partial charge in [-0.3, -0.25) is 4.79 Å². The van der Waals surface area contributed by atoms with Crippen LogP contribution < -0.4 is 5.73 Å². The molecule has 2 heterocycles. The van der Waals surface area contributed by atoms with Crippen molar-refractivity contribution in [3.63, 3.8) is 0 Å². The van der Waals surface area contributed by atoms with E-state index in [0.717, 1.165) is 10.4 Å². The van der Waals surface area contributed by atoms with Crippen molar-refractivity contribution in [3.8, 4) is 0 Å². The van der Waals surface area contributed by atoms with Crippen molar-refractivity contribution in [1.82, 2.24) is 4.90 Å². The molecule has 0 bridgehead atoms. The minimum atomic E-state index is 0.0673. The monoisotopic (exact) mass is 316 g/mol. The fourth-order valence-electron chi connectivity index (χ4n) is 2.24. The Morgan fingerprint density at radius 1 is 1.14 bits per heavy atom. The minimum absolute atomic E-state index is 0.0673. The lowest BCUT2D eigenvalue weighted by molar-refractivity contribution is 0.0753. The first-order valence-corrected chi connectivity index (χ1v) is 8.48. The van der Waals surface area contributed by atoms with Crippen molar-refractivity contribution in [1.29, 1.82) is 0 Å². The molecule has 0 radical (unpaired) electrons. The van der Waals surface area contributed by atoms with E-state index in [-0.39, 0.29) is 5.91 Å². The Hall–Kier alpha value is -1.69. The van der Waals surface area contributed by atoms with Gasteiger partial charge in [-0.1, -0.05) is 30.3 Å².